The molecule has 0 aliphatic carbocycles. The van der Waals surface area contributed by atoms with Gasteiger partial charge < -0.3 is 10.5 Å². The number of aliphatic imine (C=N–C) groups is 1. The van der Waals surface area contributed by atoms with Gasteiger partial charge in [0.15, 0.2) is 0 Å². The maximum Gasteiger partial charge on any atom is 0.228 e. The molecule has 2 aromatic rings. The van der Waals surface area contributed by atoms with Gasteiger partial charge in [-0.05, 0) is 48.0 Å². The molecule has 0 radical (unpaired) electrons. The van der Waals surface area contributed by atoms with E-state index in [-0.39, 0.29) is 17.6 Å². The third-order valence-corrected chi connectivity index (χ3v) is 3.08. The highest BCUT2D eigenvalue weighted by Gasteiger charge is 2.01. The minimum absolute atomic E-state index is 0.0408. The molecule has 0 spiro atoms. The fourth-order valence-corrected chi connectivity index (χ4v) is 2.26. The van der Waals surface area contributed by atoms with Crippen molar-refractivity contribution in [1.82, 2.24) is 0 Å². The number of nitrogens with zero attached hydrogens (tertiary/aromatic N) is 1. The molecule has 0 amide bonds. The first-order chi connectivity index (χ1) is 10.5. The standard InChI is InChI=1S/C15H13Cl2FN2O/c16-12-5-10(6-13(17)7-12)8-20-15(19)11-1-3-14(4-2-11)21-9-18/h1-7H,8-9H2,(H2,19,20)/i3T. The van der Waals surface area contributed by atoms with Crippen molar-refractivity contribution in [3.8, 4) is 5.75 Å². The van der Waals surface area contributed by atoms with Gasteiger partial charge in [0.1, 0.15) is 11.6 Å². The Balaban J connectivity index is 2.16. The first-order valence-corrected chi connectivity index (χ1v) is 6.80. The zero-order valence-electron chi connectivity index (χ0n) is 11.9. The average molecular weight is 329 g/mol. The van der Waals surface area contributed by atoms with Gasteiger partial charge in [-0.15, -0.1) is 0 Å². The zero-order valence-corrected chi connectivity index (χ0v) is 12.5. The Bertz CT molecular complexity index is 690. The van der Waals surface area contributed by atoms with Crippen LogP contribution in [0.2, 0.25) is 10.0 Å². The van der Waals surface area contributed by atoms with Crippen LogP contribution in [0.4, 0.5) is 4.39 Å². The number of hydrogen-bond acceptors (Lipinski definition) is 2. The fourth-order valence-electron chi connectivity index (χ4n) is 1.69. The summed E-state index contributed by atoms with van der Waals surface area (Å²) in [5.41, 5.74) is 7.28. The van der Waals surface area contributed by atoms with E-state index < -0.39 is 6.86 Å². The van der Waals surface area contributed by atoms with E-state index in [0.29, 0.717) is 22.2 Å². The first-order valence-electron chi connectivity index (χ1n) is 6.54. The number of nitrogens with two attached hydrogens (primary N) is 1. The van der Waals surface area contributed by atoms with Crippen molar-refractivity contribution in [2.45, 2.75) is 6.54 Å². The zero-order chi connectivity index (χ0) is 16.1. The van der Waals surface area contributed by atoms with E-state index in [1.165, 1.54) is 12.1 Å². The molecule has 0 unspecified atom stereocenters. The molecule has 2 N–H and O–H groups in total. The van der Waals surface area contributed by atoms with Crippen molar-refractivity contribution >= 4 is 29.0 Å². The number of rotatable bonds is 5. The van der Waals surface area contributed by atoms with E-state index in [9.17, 15) is 4.39 Å². The molecule has 0 fully saturated rings. The van der Waals surface area contributed by atoms with Crippen LogP contribution in [0.1, 0.15) is 12.5 Å². The van der Waals surface area contributed by atoms with E-state index in [1.807, 2.05) is 0 Å². The second-order valence-electron chi connectivity index (χ2n) is 4.17. The Morgan fingerprint density at radius 3 is 2.57 bits per heavy atom. The number of benzene rings is 2. The van der Waals surface area contributed by atoms with Crippen LogP contribution in [-0.4, -0.2) is 12.7 Å². The van der Waals surface area contributed by atoms with E-state index >= 15 is 0 Å². The predicted molar refractivity (Wildman–Crippen MR) is 83.9 cm³/mol. The highest BCUT2D eigenvalue weighted by molar-refractivity contribution is 6.34. The normalized spacial score (nSPS) is 12.1. The van der Waals surface area contributed by atoms with Crippen molar-refractivity contribution in [3.63, 3.8) is 0 Å². The van der Waals surface area contributed by atoms with Gasteiger partial charge in [0, 0.05) is 15.6 Å². The van der Waals surface area contributed by atoms with Gasteiger partial charge >= 0.3 is 0 Å². The summed E-state index contributed by atoms with van der Waals surface area (Å²) in [5.74, 6) is 0.414. The lowest BCUT2D eigenvalue weighted by atomic mass is 10.2. The fraction of sp³-hybridized carbons (Fsp3) is 0.133. The molecule has 2 rings (SSSR count). The molecule has 110 valence electrons. The van der Waals surface area contributed by atoms with Gasteiger partial charge in [-0.2, -0.15) is 0 Å². The topological polar surface area (TPSA) is 47.6 Å². The molecule has 2 aromatic carbocycles. The third kappa shape index (κ3) is 4.62. The van der Waals surface area contributed by atoms with Crippen LogP contribution in [-0.2, 0) is 6.54 Å². The number of ether oxygens (including phenoxy) is 1. The molecule has 0 bridgehead atoms. The van der Waals surface area contributed by atoms with Crippen molar-refractivity contribution in [3.05, 3.63) is 63.6 Å². The Morgan fingerprint density at radius 1 is 1.24 bits per heavy atom. The Labute approximate surface area is 133 Å². The van der Waals surface area contributed by atoms with E-state index in [2.05, 4.69) is 9.73 Å². The van der Waals surface area contributed by atoms with E-state index in [0.717, 1.165) is 5.56 Å². The molecular weight excluding hydrogens is 314 g/mol. The molecule has 0 aliphatic heterocycles. The summed E-state index contributed by atoms with van der Waals surface area (Å²) in [6.45, 7) is -0.674. The maximum absolute atomic E-state index is 12.1. The highest BCUT2D eigenvalue weighted by atomic mass is 35.5. The molecule has 0 aliphatic rings. The molecule has 3 nitrogen and oxygen atoms in total. The Hall–Kier alpha value is -1.78. The minimum Gasteiger partial charge on any atom is -0.463 e. The predicted octanol–water partition coefficient (Wildman–Crippen LogP) is 4.20. The second kappa shape index (κ2) is 7.29. The summed E-state index contributed by atoms with van der Waals surface area (Å²) in [7, 11) is 0. The lowest BCUT2D eigenvalue weighted by Gasteiger charge is -2.05. The summed E-state index contributed by atoms with van der Waals surface area (Å²) >= 11 is 11.8. The number of halogens is 3. The van der Waals surface area contributed by atoms with Crippen LogP contribution in [0.3, 0.4) is 0 Å². The number of hydrogen-bond donors (Lipinski definition) is 1. The minimum atomic E-state index is -0.982. The van der Waals surface area contributed by atoms with Gasteiger partial charge in [-0.25, -0.2) is 4.39 Å². The van der Waals surface area contributed by atoms with Crippen LogP contribution in [0.5, 0.6) is 5.75 Å². The molecule has 21 heavy (non-hydrogen) atoms. The summed E-state index contributed by atoms with van der Waals surface area (Å²) in [5, 5.41) is 1.05. The summed E-state index contributed by atoms with van der Waals surface area (Å²) in [4.78, 5) is 4.24. The van der Waals surface area contributed by atoms with Gasteiger partial charge in [-0.1, -0.05) is 23.2 Å². The molecule has 0 saturated carbocycles. The quantitative estimate of drug-likeness (QED) is 0.660. The summed E-state index contributed by atoms with van der Waals surface area (Å²) in [6, 6.07) is 9.74. The van der Waals surface area contributed by atoms with Crippen LogP contribution in [0.15, 0.2) is 47.4 Å². The molecule has 0 saturated heterocycles. The molecule has 0 aromatic heterocycles. The highest BCUT2D eigenvalue weighted by Crippen LogP contribution is 2.19. The average Bonchev–Trinajstić information content (AvgIpc) is 2.46. The second-order valence-corrected chi connectivity index (χ2v) is 5.05. The van der Waals surface area contributed by atoms with E-state index in [1.54, 1.807) is 24.3 Å². The van der Waals surface area contributed by atoms with Gasteiger partial charge in [-0.3, -0.25) is 4.99 Å². The lowest BCUT2D eigenvalue weighted by molar-refractivity contribution is 0.192. The first kappa shape index (κ1) is 14.2. The molecule has 0 heterocycles. The molecule has 6 heteroatoms. The maximum atomic E-state index is 12.1. The Morgan fingerprint density at radius 2 is 1.95 bits per heavy atom. The monoisotopic (exact) mass is 328 g/mol. The van der Waals surface area contributed by atoms with Gasteiger partial charge in [0.25, 0.3) is 0 Å². The SMILES string of the molecule is [3H]c1cc(C(N)=NCc2cc(Cl)cc(Cl)c2)ccc1OCF. The summed E-state index contributed by atoms with van der Waals surface area (Å²) < 4.78 is 24.5. The molecule has 0 atom stereocenters. The molecular formula is C15H13Cl2FN2O. The summed E-state index contributed by atoms with van der Waals surface area (Å²) in [6.07, 6.45) is 0. The van der Waals surface area contributed by atoms with Crippen molar-refractivity contribution < 1.29 is 10.5 Å². The van der Waals surface area contributed by atoms with Crippen molar-refractivity contribution in [1.29, 1.82) is 0 Å². The van der Waals surface area contributed by atoms with Gasteiger partial charge in [0.2, 0.25) is 6.86 Å². The lowest BCUT2D eigenvalue weighted by Crippen LogP contribution is -2.13. The van der Waals surface area contributed by atoms with Crippen LogP contribution >= 0.6 is 23.2 Å². The third-order valence-electron chi connectivity index (χ3n) is 2.64. The number of alkyl halides is 1. The van der Waals surface area contributed by atoms with Crippen LogP contribution in [0.25, 0.3) is 0 Å². The van der Waals surface area contributed by atoms with E-state index in [4.69, 9.17) is 30.3 Å². The van der Waals surface area contributed by atoms with Crippen LogP contribution < -0.4 is 10.5 Å². The van der Waals surface area contributed by atoms with Gasteiger partial charge in [0.05, 0.1) is 7.92 Å². The Kier molecular flexibility index (Phi) is 4.92. The van der Waals surface area contributed by atoms with Crippen molar-refractivity contribution in [2.75, 3.05) is 6.86 Å². The van der Waals surface area contributed by atoms with Crippen LogP contribution in [0, 0.1) is 0 Å². The van der Waals surface area contributed by atoms with Crippen molar-refractivity contribution in [2.24, 2.45) is 10.7 Å². The largest absolute Gasteiger partial charge is 0.463 e. The smallest absolute Gasteiger partial charge is 0.228 e. The number of amidine groups is 1.